The molecule has 0 saturated carbocycles. The molecule has 1 heterocycles. The van der Waals surface area contributed by atoms with Crippen LogP contribution in [0.25, 0.3) is 0 Å². The molecule has 0 aliphatic carbocycles. The number of nitrogens with one attached hydrogen (secondary N) is 1. The van der Waals surface area contributed by atoms with Gasteiger partial charge in [-0.05, 0) is 6.08 Å². The molecule has 1 atom stereocenters. The second-order valence-electron chi connectivity index (χ2n) is 1.22. The zero-order valence-corrected chi connectivity index (χ0v) is 3.70. The van der Waals surface area contributed by atoms with Gasteiger partial charge in [0.15, 0.2) is 6.23 Å². The van der Waals surface area contributed by atoms with Crippen LogP contribution in [0, 0.1) is 0 Å². The molecule has 1 aliphatic rings. The second kappa shape index (κ2) is 1.75. The molecule has 2 N–H and O–H groups in total. The molecule has 0 aromatic rings. The van der Waals surface area contributed by atoms with E-state index in [9.17, 15) is 0 Å². The van der Waals surface area contributed by atoms with Gasteiger partial charge in [0.05, 0.1) is 6.34 Å². The van der Waals surface area contributed by atoms with Crippen LogP contribution in [0.2, 0.25) is 0 Å². The highest BCUT2D eigenvalue weighted by Gasteiger charge is 1.92. The van der Waals surface area contributed by atoms with Crippen LogP contribution in [-0.2, 0) is 0 Å². The number of aliphatic hydroxyl groups is 1. The summed E-state index contributed by atoms with van der Waals surface area (Å²) in [5.74, 6) is 0. The van der Waals surface area contributed by atoms with Crippen LogP contribution in [0.5, 0.6) is 0 Å². The van der Waals surface area contributed by atoms with Crippen molar-refractivity contribution in [3.63, 3.8) is 0 Å². The predicted octanol–water partition coefficient (Wildman–Crippen LogP) is -0.550. The molecule has 0 radical (unpaired) electrons. The van der Waals surface area contributed by atoms with Crippen LogP contribution in [0.15, 0.2) is 17.3 Å². The van der Waals surface area contributed by atoms with E-state index in [1.165, 1.54) is 6.34 Å². The Labute approximate surface area is 41.4 Å². The van der Waals surface area contributed by atoms with Crippen LogP contribution >= 0.6 is 0 Å². The van der Waals surface area contributed by atoms with Gasteiger partial charge in [-0.3, -0.25) is 0 Å². The van der Waals surface area contributed by atoms with Gasteiger partial charge in [0.25, 0.3) is 0 Å². The van der Waals surface area contributed by atoms with E-state index < -0.39 is 6.23 Å². The third kappa shape index (κ3) is 1.01. The number of nitrogens with zero attached hydrogens (tertiary/aromatic N) is 1. The summed E-state index contributed by atoms with van der Waals surface area (Å²) >= 11 is 0. The lowest BCUT2D eigenvalue weighted by molar-refractivity contribution is 0.232. The van der Waals surface area contributed by atoms with E-state index in [-0.39, 0.29) is 0 Å². The first-order valence-electron chi connectivity index (χ1n) is 2.02. The third-order valence-electron chi connectivity index (χ3n) is 0.666. The van der Waals surface area contributed by atoms with Crippen molar-refractivity contribution >= 4 is 6.34 Å². The minimum absolute atomic E-state index is 0.638. The minimum Gasteiger partial charge on any atom is -0.368 e. The van der Waals surface area contributed by atoms with Crippen LogP contribution in [0.3, 0.4) is 0 Å². The topological polar surface area (TPSA) is 44.6 Å². The summed E-state index contributed by atoms with van der Waals surface area (Å²) in [6.07, 6.45) is 4.00. The normalized spacial score (nSPS) is 27.3. The molecule has 0 unspecified atom stereocenters. The number of aliphatic hydroxyl groups excluding tert-OH is 1. The van der Waals surface area contributed by atoms with Crippen LogP contribution in [0.4, 0.5) is 0 Å². The molecule has 0 bridgehead atoms. The molecular formula is C4H6N2O. The van der Waals surface area contributed by atoms with Crippen molar-refractivity contribution in [1.29, 1.82) is 0 Å². The number of hydrogen-bond donors (Lipinski definition) is 2. The first kappa shape index (κ1) is 4.33. The first-order valence-corrected chi connectivity index (χ1v) is 2.02. The minimum atomic E-state index is -0.638. The van der Waals surface area contributed by atoms with Crippen molar-refractivity contribution in [3.05, 3.63) is 12.3 Å². The molecule has 0 spiro atoms. The van der Waals surface area contributed by atoms with E-state index in [2.05, 4.69) is 10.3 Å². The summed E-state index contributed by atoms with van der Waals surface area (Å²) < 4.78 is 0. The molecule has 7 heavy (non-hydrogen) atoms. The maximum atomic E-state index is 8.58. The Balaban J connectivity index is 2.49. The van der Waals surface area contributed by atoms with Crippen LogP contribution in [0.1, 0.15) is 0 Å². The van der Waals surface area contributed by atoms with Crippen LogP contribution < -0.4 is 5.32 Å². The Hall–Kier alpha value is -0.830. The predicted molar refractivity (Wildman–Crippen MR) is 26.8 cm³/mol. The molecule has 1 aliphatic heterocycles. The highest BCUT2D eigenvalue weighted by atomic mass is 16.3. The van der Waals surface area contributed by atoms with Crippen molar-refractivity contribution in [3.8, 4) is 0 Å². The van der Waals surface area contributed by atoms with E-state index in [1.54, 1.807) is 12.3 Å². The summed E-state index contributed by atoms with van der Waals surface area (Å²) in [6.45, 7) is 0. The molecule has 1 rings (SSSR count). The molecule has 3 heteroatoms. The fourth-order valence-electron chi connectivity index (χ4n) is 0.354. The van der Waals surface area contributed by atoms with Gasteiger partial charge in [-0.1, -0.05) is 0 Å². The zero-order valence-electron chi connectivity index (χ0n) is 3.70. The maximum absolute atomic E-state index is 8.58. The smallest absolute Gasteiger partial charge is 0.167 e. The maximum Gasteiger partial charge on any atom is 0.167 e. The number of hydrogen-bond acceptors (Lipinski definition) is 3. The summed E-state index contributed by atoms with van der Waals surface area (Å²) in [4.78, 5) is 3.56. The van der Waals surface area contributed by atoms with E-state index in [1.807, 2.05) is 0 Å². The van der Waals surface area contributed by atoms with E-state index in [4.69, 9.17) is 5.11 Å². The summed E-state index contributed by atoms with van der Waals surface area (Å²) in [5, 5.41) is 11.3. The average molecular weight is 98.1 g/mol. The molecule has 0 fully saturated rings. The summed E-state index contributed by atoms with van der Waals surface area (Å²) in [6, 6.07) is 0. The van der Waals surface area contributed by atoms with Gasteiger partial charge in [-0.2, -0.15) is 0 Å². The Bertz CT molecular complexity index is 96.3. The third-order valence-corrected chi connectivity index (χ3v) is 0.666. The Morgan fingerprint density at radius 3 is 2.86 bits per heavy atom. The molecule has 0 aromatic heterocycles. The van der Waals surface area contributed by atoms with Gasteiger partial charge in [-0.15, -0.1) is 0 Å². The van der Waals surface area contributed by atoms with Gasteiger partial charge in [0, 0.05) is 6.20 Å². The average Bonchev–Trinajstić information content (AvgIpc) is 1.69. The fraction of sp³-hybridized carbons (Fsp3) is 0.250. The van der Waals surface area contributed by atoms with Gasteiger partial charge < -0.3 is 10.4 Å². The Kier molecular flexibility index (Phi) is 1.08. The number of aliphatic imine (C=N–C) groups is 1. The molecule has 0 aromatic carbocycles. The second-order valence-corrected chi connectivity index (χ2v) is 1.22. The Morgan fingerprint density at radius 2 is 2.57 bits per heavy atom. The zero-order chi connectivity index (χ0) is 5.11. The molecule has 0 amide bonds. The monoisotopic (exact) mass is 98.0 g/mol. The molecule has 38 valence electrons. The SMILES string of the molecule is O[C@H]1C=CNC=N1. The summed E-state index contributed by atoms with van der Waals surface area (Å²) in [7, 11) is 0. The standard InChI is InChI=1S/C4H6N2O/c7-4-1-2-5-3-6-4/h1-4,7H,(H,5,6)/t4-/m0/s1. The van der Waals surface area contributed by atoms with Crippen molar-refractivity contribution < 1.29 is 5.11 Å². The van der Waals surface area contributed by atoms with Crippen molar-refractivity contribution in [2.24, 2.45) is 4.99 Å². The molecular weight excluding hydrogens is 92.1 g/mol. The van der Waals surface area contributed by atoms with Gasteiger partial charge in [-0.25, -0.2) is 4.99 Å². The van der Waals surface area contributed by atoms with E-state index in [0.29, 0.717) is 0 Å². The molecule has 0 saturated heterocycles. The fourth-order valence-corrected chi connectivity index (χ4v) is 0.354. The summed E-state index contributed by atoms with van der Waals surface area (Å²) in [5.41, 5.74) is 0. The lowest BCUT2D eigenvalue weighted by atomic mass is 10.5. The van der Waals surface area contributed by atoms with Crippen LogP contribution in [-0.4, -0.2) is 17.7 Å². The van der Waals surface area contributed by atoms with Crippen molar-refractivity contribution in [1.82, 2.24) is 5.32 Å². The highest BCUT2D eigenvalue weighted by molar-refractivity contribution is 5.57. The first-order chi connectivity index (χ1) is 3.39. The van der Waals surface area contributed by atoms with Gasteiger partial charge in [0.1, 0.15) is 0 Å². The van der Waals surface area contributed by atoms with E-state index >= 15 is 0 Å². The Morgan fingerprint density at radius 1 is 1.71 bits per heavy atom. The number of rotatable bonds is 0. The molecule has 3 nitrogen and oxygen atoms in total. The highest BCUT2D eigenvalue weighted by Crippen LogP contribution is 1.87. The van der Waals surface area contributed by atoms with Gasteiger partial charge >= 0.3 is 0 Å². The van der Waals surface area contributed by atoms with Crippen molar-refractivity contribution in [2.45, 2.75) is 6.23 Å². The lowest BCUT2D eigenvalue weighted by Crippen LogP contribution is -2.12. The lowest BCUT2D eigenvalue weighted by Gasteiger charge is -2.01. The van der Waals surface area contributed by atoms with E-state index in [0.717, 1.165) is 0 Å². The van der Waals surface area contributed by atoms with Crippen molar-refractivity contribution in [2.75, 3.05) is 0 Å². The van der Waals surface area contributed by atoms with Gasteiger partial charge in [0.2, 0.25) is 0 Å². The largest absolute Gasteiger partial charge is 0.368 e. The quantitative estimate of drug-likeness (QED) is 0.427.